The fourth-order valence-corrected chi connectivity index (χ4v) is 5.92. The largest absolute Gasteiger partial charge is 0.459 e. The van der Waals surface area contributed by atoms with Gasteiger partial charge in [0.1, 0.15) is 11.3 Å². The van der Waals surface area contributed by atoms with Gasteiger partial charge < -0.3 is 24.3 Å². The number of fused-ring (bicyclic) bond motifs is 1. The van der Waals surface area contributed by atoms with Gasteiger partial charge in [-0.2, -0.15) is 0 Å². The number of ether oxygens (including phenoxy) is 1. The standard InChI is InChI=1S/C31H38FN3O5/c1-21-26-20-25(35-16-18-38-19-17-35)12-13-27(26)39-30(21)29(22-6-4-3-5-7-22)33-24-10-8-23(9-11-24)31(37)34(2)15-14-28(36)40-32/h8-13,20,22,29,33H,3-7,14-19H2,1-2H3. The van der Waals surface area contributed by atoms with Crippen molar-refractivity contribution in [1.29, 1.82) is 0 Å². The highest BCUT2D eigenvalue weighted by Crippen LogP contribution is 2.41. The van der Waals surface area contributed by atoms with Crippen LogP contribution in [0.2, 0.25) is 0 Å². The number of furan rings is 1. The SMILES string of the molecule is Cc1c(C(Nc2ccc(C(=O)N(C)CCC(=O)OF)cc2)C2CCCCC2)oc2ccc(N3CCOCC3)cc12. The van der Waals surface area contributed by atoms with Crippen molar-refractivity contribution in [3.05, 3.63) is 59.4 Å². The molecule has 1 aliphatic carbocycles. The second-order valence-corrected chi connectivity index (χ2v) is 10.9. The second kappa shape index (κ2) is 12.7. The minimum atomic E-state index is -0.994. The van der Waals surface area contributed by atoms with Crippen molar-refractivity contribution in [1.82, 2.24) is 4.90 Å². The lowest BCUT2D eigenvalue weighted by Gasteiger charge is -2.31. The normalized spacial score (nSPS) is 17.0. The van der Waals surface area contributed by atoms with Gasteiger partial charge in [0.05, 0.1) is 25.7 Å². The Bertz CT molecular complexity index is 1310. The average Bonchev–Trinajstić information content (AvgIpc) is 3.34. The molecule has 0 spiro atoms. The van der Waals surface area contributed by atoms with Crippen LogP contribution >= 0.6 is 0 Å². The van der Waals surface area contributed by atoms with Crippen LogP contribution in [0.15, 0.2) is 46.9 Å². The van der Waals surface area contributed by atoms with Crippen LogP contribution in [0.1, 0.15) is 66.2 Å². The highest BCUT2D eigenvalue weighted by Gasteiger charge is 2.30. The van der Waals surface area contributed by atoms with Gasteiger partial charge in [0, 0.05) is 59.1 Å². The Morgan fingerprint density at radius 3 is 2.52 bits per heavy atom. The first-order valence-corrected chi connectivity index (χ1v) is 14.2. The topological polar surface area (TPSA) is 84.2 Å². The van der Waals surface area contributed by atoms with Gasteiger partial charge in [-0.25, -0.2) is 4.79 Å². The summed E-state index contributed by atoms with van der Waals surface area (Å²) in [6, 6.07) is 13.8. The van der Waals surface area contributed by atoms with E-state index < -0.39 is 5.97 Å². The lowest BCUT2D eigenvalue weighted by atomic mass is 9.82. The highest BCUT2D eigenvalue weighted by molar-refractivity contribution is 5.94. The monoisotopic (exact) mass is 551 g/mol. The maximum Gasteiger partial charge on any atom is 0.350 e. The molecule has 3 aromatic rings. The van der Waals surface area contributed by atoms with Crippen molar-refractivity contribution in [3.63, 3.8) is 0 Å². The number of halogens is 1. The number of nitrogens with one attached hydrogen (secondary N) is 1. The summed E-state index contributed by atoms with van der Waals surface area (Å²) in [7, 11) is 1.58. The van der Waals surface area contributed by atoms with E-state index in [9.17, 15) is 14.1 Å². The Labute approximate surface area is 234 Å². The summed E-state index contributed by atoms with van der Waals surface area (Å²) >= 11 is 0. The average molecular weight is 552 g/mol. The molecule has 2 aliphatic rings. The number of morpholine rings is 1. The molecule has 2 aromatic carbocycles. The van der Waals surface area contributed by atoms with Crippen molar-refractivity contribution in [2.45, 2.75) is 51.5 Å². The van der Waals surface area contributed by atoms with E-state index in [1.807, 2.05) is 12.1 Å². The van der Waals surface area contributed by atoms with Crippen LogP contribution < -0.4 is 10.2 Å². The van der Waals surface area contributed by atoms with Crippen LogP contribution in [0.4, 0.5) is 15.9 Å². The van der Waals surface area contributed by atoms with Crippen LogP contribution in [0.5, 0.6) is 0 Å². The minimum absolute atomic E-state index is 0.00970. The molecule has 1 unspecified atom stereocenters. The third-order valence-corrected chi connectivity index (χ3v) is 8.27. The zero-order chi connectivity index (χ0) is 28.1. The molecule has 9 heteroatoms. The predicted molar refractivity (Wildman–Crippen MR) is 152 cm³/mol. The number of anilines is 2. The van der Waals surface area contributed by atoms with Gasteiger partial charge >= 0.3 is 5.97 Å². The quantitative estimate of drug-likeness (QED) is 0.339. The summed E-state index contributed by atoms with van der Waals surface area (Å²) < 4.78 is 24.0. The van der Waals surface area contributed by atoms with Crippen LogP contribution in [0.3, 0.4) is 0 Å². The van der Waals surface area contributed by atoms with E-state index in [0.29, 0.717) is 11.5 Å². The number of carbonyl (C=O) groups excluding carboxylic acids is 2. The molecule has 1 saturated heterocycles. The van der Waals surface area contributed by atoms with Crippen LogP contribution in [-0.4, -0.2) is 56.7 Å². The first kappa shape index (κ1) is 28.0. The molecule has 1 aliphatic heterocycles. The van der Waals surface area contributed by atoms with Gasteiger partial charge in [-0.05, 0) is 68.1 Å². The molecule has 1 atom stereocenters. The molecular weight excluding hydrogens is 513 g/mol. The smallest absolute Gasteiger partial charge is 0.350 e. The number of aryl methyl sites for hydroxylation is 1. The van der Waals surface area contributed by atoms with Gasteiger partial charge in [-0.1, -0.05) is 19.3 Å². The Morgan fingerprint density at radius 2 is 1.82 bits per heavy atom. The molecule has 5 rings (SSSR count). The summed E-state index contributed by atoms with van der Waals surface area (Å²) in [5.41, 5.74) is 4.65. The molecule has 8 nitrogen and oxygen atoms in total. The van der Waals surface area contributed by atoms with Gasteiger partial charge in [0.25, 0.3) is 5.91 Å². The fraction of sp³-hybridized carbons (Fsp3) is 0.484. The molecule has 1 amide bonds. The number of nitrogens with zero attached hydrogens (tertiary/aromatic N) is 2. The van der Waals surface area contributed by atoms with Crippen molar-refractivity contribution in [2.24, 2.45) is 5.92 Å². The third kappa shape index (κ3) is 6.25. The van der Waals surface area contributed by atoms with Gasteiger partial charge in [0.2, 0.25) is 0 Å². The Kier molecular flexibility index (Phi) is 8.89. The highest BCUT2D eigenvalue weighted by atomic mass is 19.3. The van der Waals surface area contributed by atoms with Crippen molar-refractivity contribution >= 4 is 34.2 Å². The number of hydrogen-bond acceptors (Lipinski definition) is 7. The zero-order valence-electron chi connectivity index (χ0n) is 23.3. The molecule has 1 aromatic heterocycles. The van der Waals surface area contributed by atoms with E-state index >= 15 is 0 Å². The number of hydrogen-bond donors (Lipinski definition) is 1. The molecule has 1 saturated carbocycles. The van der Waals surface area contributed by atoms with E-state index in [1.165, 1.54) is 29.8 Å². The van der Waals surface area contributed by atoms with E-state index in [0.717, 1.165) is 67.1 Å². The van der Waals surface area contributed by atoms with Crippen LogP contribution in [-0.2, 0) is 14.5 Å². The molecule has 1 N–H and O–H groups in total. The first-order valence-electron chi connectivity index (χ1n) is 14.2. The molecule has 0 bridgehead atoms. The Hall–Kier alpha value is -3.59. The van der Waals surface area contributed by atoms with Gasteiger partial charge in [-0.15, -0.1) is 0 Å². The van der Waals surface area contributed by atoms with E-state index in [-0.39, 0.29) is 24.9 Å². The van der Waals surface area contributed by atoms with Crippen LogP contribution in [0, 0.1) is 12.8 Å². The number of rotatable bonds is 9. The zero-order valence-corrected chi connectivity index (χ0v) is 23.3. The van der Waals surface area contributed by atoms with Gasteiger partial charge in [-0.3, -0.25) is 9.74 Å². The van der Waals surface area contributed by atoms with Crippen molar-refractivity contribution < 1.29 is 28.2 Å². The summed E-state index contributed by atoms with van der Waals surface area (Å²) in [5, 5.41) is 4.88. The molecule has 2 fully saturated rings. The van der Waals surface area contributed by atoms with Gasteiger partial charge in [0.15, 0.2) is 0 Å². The first-order chi connectivity index (χ1) is 19.4. The molecule has 0 radical (unpaired) electrons. The van der Waals surface area contributed by atoms with Crippen LogP contribution in [0.25, 0.3) is 11.0 Å². The molecule has 40 heavy (non-hydrogen) atoms. The lowest BCUT2D eigenvalue weighted by molar-refractivity contribution is -0.183. The third-order valence-electron chi connectivity index (χ3n) is 8.27. The van der Waals surface area contributed by atoms with E-state index in [1.54, 1.807) is 19.2 Å². The second-order valence-electron chi connectivity index (χ2n) is 10.9. The van der Waals surface area contributed by atoms with E-state index in [2.05, 4.69) is 40.3 Å². The lowest BCUT2D eigenvalue weighted by Crippen LogP contribution is -2.36. The number of carbonyl (C=O) groups is 2. The summed E-state index contributed by atoms with van der Waals surface area (Å²) in [6.07, 6.45) is 5.74. The minimum Gasteiger partial charge on any atom is -0.459 e. The fourth-order valence-electron chi connectivity index (χ4n) is 5.92. The Balaban J connectivity index is 1.37. The summed E-state index contributed by atoms with van der Waals surface area (Å²) in [5.74, 6) is 0.174. The number of amides is 1. The van der Waals surface area contributed by atoms with E-state index in [4.69, 9.17) is 9.15 Å². The van der Waals surface area contributed by atoms with Crippen molar-refractivity contribution in [2.75, 3.05) is 50.1 Å². The molecule has 2 heterocycles. The summed E-state index contributed by atoms with van der Waals surface area (Å²) in [4.78, 5) is 30.8. The van der Waals surface area contributed by atoms with Crippen molar-refractivity contribution in [3.8, 4) is 0 Å². The summed E-state index contributed by atoms with van der Waals surface area (Å²) in [6.45, 7) is 5.49. The number of benzene rings is 2. The predicted octanol–water partition coefficient (Wildman–Crippen LogP) is 6.20. The molecular formula is C31H38FN3O5. The molecule has 214 valence electrons. The Morgan fingerprint density at radius 1 is 1.10 bits per heavy atom. The maximum atomic E-state index is 12.8. The maximum absolute atomic E-state index is 12.8.